The van der Waals surface area contributed by atoms with Crippen LogP contribution in [-0.4, -0.2) is 20.8 Å². The molecule has 0 atom stereocenters. The van der Waals surface area contributed by atoms with E-state index < -0.39 is 0 Å². The first-order valence-corrected chi connectivity index (χ1v) is 12.7. The topological polar surface area (TPSA) is 83.6 Å². The lowest BCUT2D eigenvalue weighted by Gasteiger charge is -2.18. The fourth-order valence-electron chi connectivity index (χ4n) is 3.99. The molecule has 5 aromatic rings. The van der Waals surface area contributed by atoms with Crippen LogP contribution in [0.5, 0.6) is 0 Å². The van der Waals surface area contributed by atoms with Crippen LogP contribution in [0.25, 0.3) is 22.2 Å². The van der Waals surface area contributed by atoms with Gasteiger partial charge in [0.2, 0.25) is 5.95 Å². The molecular formula is C28H20ClN5OS. The summed E-state index contributed by atoms with van der Waals surface area (Å²) in [4.78, 5) is 23.8. The zero-order chi connectivity index (χ0) is 25.1. The Labute approximate surface area is 217 Å². The summed E-state index contributed by atoms with van der Waals surface area (Å²) in [7, 11) is 0. The predicted octanol–water partition coefficient (Wildman–Crippen LogP) is 6.50. The number of benzene rings is 3. The van der Waals surface area contributed by atoms with Gasteiger partial charge < -0.3 is 5.32 Å². The SMILES string of the molecule is CSc1nc(-c2ccccc2)c2c(=O)n(Cc3ccccc3)c(Nc3ccc(Cl)cc3)nc2c1C#N. The molecule has 8 heteroatoms. The summed E-state index contributed by atoms with van der Waals surface area (Å²) < 4.78 is 1.58. The van der Waals surface area contributed by atoms with E-state index in [-0.39, 0.29) is 11.1 Å². The molecule has 2 aromatic heterocycles. The molecule has 5 rings (SSSR count). The van der Waals surface area contributed by atoms with Gasteiger partial charge in [-0.25, -0.2) is 9.97 Å². The van der Waals surface area contributed by atoms with E-state index in [9.17, 15) is 10.1 Å². The molecule has 0 unspecified atom stereocenters. The number of hydrogen-bond donors (Lipinski definition) is 1. The minimum atomic E-state index is -0.282. The van der Waals surface area contributed by atoms with Crippen LogP contribution in [0.4, 0.5) is 11.6 Å². The molecule has 0 aliphatic carbocycles. The zero-order valence-electron chi connectivity index (χ0n) is 19.3. The molecule has 0 amide bonds. The van der Waals surface area contributed by atoms with Crippen LogP contribution in [0.2, 0.25) is 5.02 Å². The number of fused-ring (bicyclic) bond motifs is 1. The second kappa shape index (κ2) is 10.2. The summed E-state index contributed by atoms with van der Waals surface area (Å²) in [6.07, 6.45) is 1.85. The summed E-state index contributed by atoms with van der Waals surface area (Å²) in [6.45, 7) is 0.291. The normalized spacial score (nSPS) is 10.8. The predicted molar refractivity (Wildman–Crippen MR) is 146 cm³/mol. The first-order valence-electron chi connectivity index (χ1n) is 11.1. The van der Waals surface area contributed by atoms with E-state index in [0.717, 1.165) is 11.1 Å². The van der Waals surface area contributed by atoms with Crippen molar-refractivity contribution in [1.82, 2.24) is 14.5 Å². The Hall–Kier alpha value is -4.12. The fraction of sp³-hybridized carbons (Fsp3) is 0.0714. The van der Waals surface area contributed by atoms with Crippen molar-refractivity contribution in [3.05, 3.63) is 111 Å². The molecule has 6 nitrogen and oxygen atoms in total. The fourth-order valence-corrected chi connectivity index (χ4v) is 4.64. The monoisotopic (exact) mass is 509 g/mol. The number of nitrogens with zero attached hydrogens (tertiary/aromatic N) is 4. The van der Waals surface area contributed by atoms with Crippen molar-refractivity contribution >= 4 is 45.9 Å². The lowest BCUT2D eigenvalue weighted by molar-refractivity contribution is 0.760. The van der Waals surface area contributed by atoms with E-state index in [2.05, 4.69) is 11.4 Å². The van der Waals surface area contributed by atoms with E-state index >= 15 is 0 Å². The Morgan fingerprint density at radius 1 is 0.972 bits per heavy atom. The van der Waals surface area contributed by atoms with Crippen molar-refractivity contribution in [3.8, 4) is 17.3 Å². The van der Waals surface area contributed by atoms with Crippen molar-refractivity contribution in [2.45, 2.75) is 11.6 Å². The summed E-state index contributed by atoms with van der Waals surface area (Å²) in [5.41, 5.74) is 3.26. The Morgan fingerprint density at radius 3 is 2.28 bits per heavy atom. The van der Waals surface area contributed by atoms with Gasteiger partial charge in [-0.2, -0.15) is 5.26 Å². The Balaban J connectivity index is 1.84. The van der Waals surface area contributed by atoms with E-state index in [1.807, 2.05) is 79.1 Å². The number of aromatic nitrogens is 3. The number of halogens is 1. The third-order valence-corrected chi connectivity index (χ3v) is 6.64. The van der Waals surface area contributed by atoms with Gasteiger partial charge in [-0.1, -0.05) is 72.3 Å². The van der Waals surface area contributed by atoms with Gasteiger partial charge >= 0.3 is 0 Å². The highest BCUT2D eigenvalue weighted by Gasteiger charge is 2.22. The molecule has 0 spiro atoms. The van der Waals surface area contributed by atoms with Gasteiger partial charge in [0.25, 0.3) is 5.56 Å². The summed E-state index contributed by atoms with van der Waals surface area (Å²) in [6, 6.07) is 28.6. The van der Waals surface area contributed by atoms with Crippen molar-refractivity contribution < 1.29 is 0 Å². The second-order valence-corrected chi connectivity index (χ2v) is 9.22. The van der Waals surface area contributed by atoms with Gasteiger partial charge in [0.15, 0.2) is 0 Å². The van der Waals surface area contributed by atoms with Gasteiger partial charge in [0.1, 0.15) is 22.2 Å². The molecule has 0 saturated carbocycles. The number of hydrogen-bond acceptors (Lipinski definition) is 6. The molecule has 36 heavy (non-hydrogen) atoms. The van der Waals surface area contributed by atoms with Crippen LogP contribution >= 0.6 is 23.4 Å². The number of anilines is 2. The number of nitrogens with one attached hydrogen (secondary N) is 1. The molecule has 0 fully saturated rings. The molecule has 0 saturated heterocycles. The number of thioether (sulfide) groups is 1. The maximum Gasteiger partial charge on any atom is 0.265 e. The second-order valence-electron chi connectivity index (χ2n) is 7.99. The van der Waals surface area contributed by atoms with Crippen LogP contribution < -0.4 is 10.9 Å². The van der Waals surface area contributed by atoms with Crippen LogP contribution in [0, 0.1) is 11.3 Å². The van der Waals surface area contributed by atoms with Crippen molar-refractivity contribution in [1.29, 1.82) is 5.26 Å². The molecule has 2 heterocycles. The third-order valence-electron chi connectivity index (χ3n) is 5.71. The molecule has 0 radical (unpaired) electrons. The third kappa shape index (κ3) is 4.57. The van der Waals surface area contributed by atoms with Gasteiger partial charge in [0.05, 0.1) is 17.6 Å². The lowest BCUT2D eigenvalue weighted by atomic mass is 10.1. The van der Waals surface area contributed by atoms with E-state index in [1.165, 1.54) is 11.8 Å². The first kappa shape index (κ1) is 23.6. The summed E-state index contributed by atoms with van der Waals surface area (Å²) in [5, 5.41) is 14.7. The molecule has 0 aliphatic rings. The smallest absolute Gasteiger partial charge is 0.265 e. The minimum Gasteiger partial charge on any atom is -0.326 e. The van der Waals surface area contributed by atoms with Crippen LogP contribution in [0.1, 0.15) is 11.1 Å². The Bertz CT molecular complexity index is 1650. The van der Waals surface area contributed by atoms with Crippen LogP contribution in [-0.2, 0) is 6.54 Å². The standard InChI is InChI=1S/C28H20ClN5OS/c1-36-26-22(16-30)25-23(24(32-26)19-10-6-3-7-11-19)27(35)34(17-18-8-4-2-5-9-18)28(33-25)31-21-14-12-20(29)13-15-21/h2-15H,17H2,1H3,(H,31,33). The number of rotatable bonds is 6. The lowest BCUT2D eigenvalue weighted by Crippen LogP contribution is -2.26. The highest BCUT2D eigenvalue weighted by atomic mass is 35.5. The van der Waals surface area contributed by atoms with Crippen molar-refractivity contribution in [3.63, 3.8) is 0 Å². The quantitative estimate of drug-likeness (QED) is 0.263. The molecule has 0 aliphatic heterocycles. The maximum absolute atomic E-state index is 14.2. The van der Waals surface area contributed by atoms with Gasteiger partial charge in [-0.15, -0.1) is 11.8 Å². The Morgan fingerprint density at radius 2 is 1.64 bits per heavy atom. The van der Waals surface area contributed by atoms with Crippen molar-refractivity contribution in [2.24, 2.45) is 0 Å². The average molecular weight is 510 g/mol. The first-order chi connectivity index (χ1) is 17.6. The summed E-state index contributed by atoms with van der Waals surface area (Å²) in [5.74, 6) is 0.326. The van der Waals surface area contributed by atoms with Crippen LogP contribution in [0.3, 0.4) is 0 Å². The molecule has 0 bridgehead atoms. The number of nitriles is 1. The van der Waals surface area contributed by atoms with Crippen LogP contribution in [0.15, 0.2) is 94.7 Å². The van der Waals surface area contributed by atoms with E-state index in [0.29, 0.717) is 44.8 Å². The Kier molecular flexibility index (Phi) is 6.72. The van der Waals surface area contributed by atoms with Gasteiger partial charge in [0, 0.05) is 16.3 Å². The minimum absolute atomic E-state index is 0.278. The maximum atomic E-state index is 14.2. The number of pyridine rings is 1. The zero-order valence-corrected chi connectivity index (χ0v) is 20.8. The van der Waals surface area contributed by atoms with Gasteiger partial charge in [-0.05, 0) is 36.1 Å². The molecular weight excluding hydrogens is 490 g/mol. The highest BCUT2D eigenvalue weighted by Crippen LogP contribution is 2.32. The highest BCUT2D eigenvalue weighted by molar-refractivity contribution is 7.98. The molecule has 1 N–H and O–H groups in total. The van der Waals surface area contributed by atoms with E-state index in [4.69, 9.17) is 21.6 Å². The molecule has 3 aromatic carbocycles. The molecule has 176 valence electrons. The largest absolute Gasteiger partial charge is 0.326 e. The summed E-state index contributed by atoms with van der Waals surface area (Å²) >= 11 is 7.41. The van der Waals surface area contributed by atoms with E-state index in [1.54, 1.807) is 16.7 Å². The van der Waals surface area contributed by atoms with Gasteiger partial charge in [-0.3, -0.25) is 9.36 Å². The van der Waals surface area contributed by atoms with Crippen molar-refractivity contribution in [2.75, 3.05) is 11.6 Å². The average Bonchev–Trinajstić information content (AvgIpc) is 2.92.